The summed E-state index contributed by atoms with van der Waals surface area (Å²) in [6.07, 6.45) is 1.80. The van der Waals surface area contributed by atoms with Gasteiger partial charge in [-0.25, -0.2) is 0 Å². The van der Waals surface area contributed by atoms with Gasteiger partial charge < -0.3 is 5.32 Å². The van der Waals surface area contributed by atoms with Crippen LogP contribution in [0.3, 0.4) is 0 Å². The van der Waals surface area contributed by atoms with Crippen LogP contribution < -0.4 is 5.32 Å². The monoisotopic (exact) mass is 329 g/mol. The summed E-state index contributed by atoms with van der Waals surface area (Å²) in [6.45, 7) is 6.28. The molecule has 1 amide bonds. The van der Waals surface area contributed by atoms with Crippen molar-refractivity contribution in [2.45, 2.75) is 17.4 Å². The van der Waals surface area contributed by atoms with E-state index in [1.165, 1.54) is 0 Å². The van der Waals surface area contributed by atoms with Crippen molar-refractivity contribution in [1.82, 2.24) is 5.32 Å². The molecule has 1 aromatic rings. The first kappa shape index (κ1) is 13.2. The second-order valence-electron chi connectivity index (χ2n) is 3.70. The normalized spacial score (nSPS) is 13.9. The Labute approximate surface area is 110 Å². The minimum atomic E-state index is -0.0567. The van der Waals surface area contributed by atoms with E-state index in [0.29, 0.717) is 6.54 Å². The van der Waals surface area contributed by atoms with Crippen LogP contribution in [0, 0.1) is 5.92 Å². The fraction of sp³-hybridized carbons (Fsp3) is 0.308. The van der Waals surface area contributed by atoms with Crippen molar-refractivity contribution >= 4 is 28.5 Å². The Bertz CT molecular complexity index is 350. The molecule has 0 aromatic heterocycles. The molecular weight excluding hydrogens is 313 g/mol. The van der Waals surface area contributed by atoms with Crippen LogP contribution in [0.25, 0.3) is 0 Å². The van der Waals surface area contributed by atoms with E-state index in [1.54, 1.807) is 6.08 Å². The van der Waals surface area contributed by atoms with Crippen molar-refractivity contribution in [1.29, 1.82) is 0 Å². The van der Waals surface area contributed by atoms with Gasteiger partial charge in [0.05, 0.1) is 3.92 Å². The average Bonchev–Trinajstić information content (AvgIpc) is 2.35. The van der Waals surface area contributed by atoms with Gasteiger partial charge in [-0.15, -0.1) is 6.58 Å². The lowest BCUT2D eigenvalue weighted by Crippen LogP contribution is -2.33. The van der Waals surface area contributed by atoms with E-state index < -0.39 is 0 Å². The van der Waals surface area contributed by atoms with Crippen molar-refractivity contribution in [3.8, 4) is 0 Å². The van der Waals surface area contributed by atoms with Gasteiger partial charge in [-0.3, -0.25) is 4.79 Å². The van der Waals surface area contributed by atoms with Crippen molar-refractivity contribution < 1.29 is 4.79 Å². The highest BCUT2D eigenvalue weighted by Crippen LogP contribution is 2.14. The molecule has 0 fully saturated rings. The zero-order valence-corrected chi connectivity index (χ0v) is 11.5. The molecule has 0 saturated heterocycles. The maximum Gasteiger partial charge on any atom is 0.233 e. The van der Waals surface area contributed by atoms with Gasteiger partial charge in [-0.1, -0.05) is 65.9 Å². The standard InChI is InChI=1S/C13H16INO/c1-3-10(2)12(14)13(16)15-9-11-7-5-4-6-8-11/h3-8,10,12H,1,9H2,2H3,(H,15,16)/t10-,12+/m1/s1. The Hall–Kier alpha value is -0.840. The van der Waals surface area contributed by atoms with Crippen LogP contribution in [-0.2, 0) is 11.3 Å². The maximum atomic E-state index is 11.8. The molecule has 0 aliphatic carbocycles. The zero-order valence-electron chi connectivity index (χ0n) is 9.32. The molecule has 0 saturated carbocycles. The predicted octanol–water partition coefficient (Wildman–Crippen LogP) is 2.93. The number of nitrogens with one attached hydrogen (secondary N) is 1. The fourth-order valence-corrected chi connectivity index (χ4v) is 1.75. The number of benzene rings is 1. The summed E-state index contributed by atoms with van der Waals surface area (Å²) in [5, 5.41) is 2.92. The molecule has 1 N–H and O–H groups in total. The van der Waals surface area contributed by atoms with E-state index in [2.05, 4.69) is 34.5 Å². The lowest BCUT2D eigenvalue weighted by molar-refractivity contribution is -0.120. The molecule has 1 aromatic carbocycles. The summed E-state index contributed by atoms with van der Waals surface area (Å²) in [5.74, 6) is 0.258. The second-order valence-corrected chi connectivity index (χ2v) is 5.04. The first-order chi connectivity index (χ1) is 7.65. The highest BCUT2D eigenvalue weighted by molar-refractivity contribution is 14.1. The van der Waals surface area contributed by atoms with Gasteiger partial charge in [0.2, 0.25) is 5.91 Å². The number of alkyl halides is 1. The van der Waals surface area contributed by atoms with E-state index in [0.717, 1.165) is 5.56 Å². The predicted molar refractivity (Wildman–Crippen MR) is 75.5 cm³/mol. The molecular formula is C13H16INO. The van der Waals surface area contributed by atoms with Gasteiger partial charge >= 0.3 is 0 Å². The van der Waals surface area contributed by atoms with Crippen LogP contribution in [0.2, 0.25) is 0 Å². The van der Waals surface area contributed by atoms with Crippen LogP contribution in [-0.4, -0.2) is 9.83 Å². The maximum absolute atomic E-state index is 11.8. The zero-order chi connectivity index (χ0) is 12.0. The van der Waals surface area contributed by atoms with E-state index in [4.69, 9.17) is 0 Å². The molecule has 0 spiro atoms. The van der Waals surface area contributed by atoms with Crippen LogP contribution in [0.4, 0.5) is 0 Å². The number of carbonyl (C=O) groups excluding carboxylic acids is 1. The third kappa shape index (κ3) is 3.96. The largest absolute Gasteiger partial charge is 0.351 e. The highest BCUT2D eigenvalue weighted by atomic mass is 127. The summed E-state index contributed by atoms with van der Waals surface area (Å²) in [6, 6.07) is 9.90. The van der Waals surface area contributed by atoms with Crippen LogP contribution in [0.1, 0.15) is 12.5 Å². The molecule has 0 unspecified atom stereocenters. The molecule has 2 nitrogen and oxygen atoms in total. The van der Waals surface area contributed by atoms with E-state index in [-0.39, 0.29) is 15.7 Å². The first-order valence-corrected chi connectivity index (χ1v) is 6.48. The van der Waals surface area contributed by atoms with Gasteiger partial charge in [0.25, 0.3) is 0 Å². The molecule has 2 atom stereocenters. The third-order valence-corrected chi connectivity index (χ3v) is 4.09. The van der Waals surface area contributed by atoms with Crippen molar-refractivity contribution in [2.24, 2.45) is 5.92 Å². The van der Waals surface area contributed by atoms with Crippen molar-refractivity contribution in [2.75, 3.05) is 0 Å². The molecule has 0 heterocycles. The number of allylic oxidation sites excluding steroid dienone is 1. The quantitative estimate of drug-likeness (QED) is 0.502. The van der Waals surface area contributed by atoms with Gasteiger partial charge in [0.1, 0.15) is 0 Å². The summed E-state index contributed by atoms with van der Waals surface area (Å²) in [5.41, 5.74) is 1.12. The van der Waals surface area contributed by atoms with Crippen molar-refractivity contribution in [3.05, 3.63) is 48.6 Å². The number of rotatable bonds is 5. The Kier molecular flexibility index (Phi) is 5.52. The molecule has 0 aliphatic heterocycles. The Morgan fingerprint density at radius 3 is 2.69 bits per heavy atom. The fourth-order valence-electron chi connectivity index (χ4n) is 1.24. The number of hydrogen-bond donors (Lipinski definition) is 1. The summed E-state index contributed by atoms with van der Waals surface area (Å²) < 4.78 is -0.0567. The summed E-state index contributed by atoms with van der Waals surface area (Å²) in [4.78, 5) is 11.8. The number of amides is 1. The Balaban J connectivity index is 2.44. The Morgan fingerprint density at radius 1 is 1.50 bits per heavy atom. The van der Waals surface area contributed by atoms with Gasteiger partial charge in [0, 0.05) is 6.54 Å². The van der Waals surface area contributed by atoms with E-state index in [9.17, 15) is 4.79 Å². The van der Waals surface area contributed by atoms with E-state index in [1.807, 2.05) is 37.3 Å². The number of hydrogen-bond acceptors (Lipinski definition) is 1. The smallest absolute Gasteiger partial charge is 0.233 e. The SMILES string of the molecule is C=C[C@@H](C)[C@H](I)C(=O)NCc1ccccc1. The minimum absolute atomic E-state index is 0.0567. The Morgan fingerprint density at radius 2 is 2.12 bits per heavy atom. The third-order valence-electron chi connectivity index (χ3n) is 2.39. The van der Waals surface area contributed by atoms with E-state index >= 15 is 0 Å². The lowest BCUT2D eigenvalue weighted by atomic mass is 10.1. The first-order valence-electron chi connectivity index (χ1n) is 5.23. The second kappa shape index (κ2) is 6.68. The minimum Gasteiger partial charge on any atom is -0.351 e. The van der Waals surface area contributed by atoms with Gasteiger partial charge in [-0.2, -0.15) is 0 Å². The average molecular weight is 329 g/mol. The molecule has 1 rings (SSSR count). The summed E-state index contributed by atoms with van der Waals surface area (Å²) >= 11 is 2.15. The molecule has 16 heavy (non-hydrogen) atoms. The van der Waals surface area contributed by atoms with Gasteiger partial charge in [0.15, 0.2) is 0 Å². The topological polar surface area (TPSA) is 29.1 Å². The summed E-state index contributed by atoms with van der Waals surface area (Å²) in [7, 11) is 0. The van der Waals surface area contributed by atoms with Crippen LogP contribution in [0.5, 0.6) is 0 Å². The number of halogens is 1. The number of carbonyl (C=O) groups is 1. The highest BCUT2D eigenvalue weighted by Gasteiger charge is 2.18. The lowest BCUT2D eigenvalue weighted by Gasteiger charge is -2.14. The molecule has 86 valence electrons. The van der Waals surface area contributed by atoms with Crippen LogP contribution in [0.15, 0.2) is 43.0 Å². The molecule has 3 heteroatoms. The van der Waals surface area contributed by atoms with Crippen molar-refractivity contribution in [3.63, 3.8) is 0 Å². The van der Waals surface area contributed by atoms with Crippen LogP contribution >= 0.6 is 22.6 Å². The van der Waals surface area contributed by atoms with Gasteiger partial charge in [-0.05, 0) is 11.5 Å². The molecule has 0 radical (unpaired) electrons. The molecule has 0 bridgehead atoms. The molecule has 0 aliphatic rings.